The first-order chi connectivity index (χ1) is 16.7. The van der Waals surface area contributed by atoms with E-state index in [1.54, 1.807) is 36.1 Å². The Morgan fingerprint density at radius 3 is 2.14 bits per heavy atom. The molecule has 0 radical (unpaired) electrons. The van der Waals surface area contributed by atoms with Gasteiger partial charge in [-0.1, -0.05) is 28.1 Å². The lowest BCUT2D eigenvalue weighted by molar-refractivity contribution is -0.141. The number of nitrogens with one attached hydrogen (secondary N) is 1. The number of halogens is 1. The van der Waals surface area contributed by atoms with Crippen LogP contribution < -0.4 is 14.4 Å². The van der Waals surface area contributed by atoms with E-state index in [2.05, 4.69) is 21.2 Å². The van der Waals surface area contributed by atoms with Crippen LogP contribution in [-0.4, -0.2) is 56.6 Å². The van der Waals surface area contributed by atoms with Gasteiger partial charge in [-0.3, -0.25) is 13.9 Å². The fourth-order valence-corrected chi connectivity index (χ4v) is 4.83. The van der Waals surface area contributed by atoms with Crippen molar-refractivity contribution in [2.45, 2.75) is 58.7 Å². The molecule has 0 saturated heterocycles. The molecule has 8 nitrogen and oxygen atoms in total. The fourth-order valence-electron chi connectivity index (χ4n) is 3.60. The van der Waals surface area contributed by atoms with Crippen molar-refractivity contribution in [1.82, 2.24) is 10.2 Å². The predicted molar refractivity (Wildman–Crippen MR) is 146 cm³/mol. The molecule has 0 saturated carbocycles. The number of nitrogens with zero attached hydrogens (tertiary/aromatic N) is 2. The highest BCUT2D eigenvalue weighted by Gasteiger charge is 2.28. The van der Waals surface area contributed by atoms with E-state index in [0.717, 1.165) is 16.3 Å². The summed E-state index contributed by atoms with van der Waals surface area (Å²) < 4.78 is 32.2. The molecule has 0 bridgehead atoms. The van der Waals surface area contributed by atoms with E-state index in [-0.39, 0.29) is 31.3 Å². The molecular weight excluding hydrogens is 546 g/mol. The largest absolute Gasteiger partial charge is 0.497 e. The molecular formula is C26H36BrN3O5S. The van der Waals surface area contributed by atoms with Gasteiger partial charge in [0.2, 0.25) is 21.8 Å². The van der Waals surface area contributed by atoms with E-state index in [9.17, 15) is 18.0 Å². The smallest absolute Gasteiger partial charge is 0.242 e. The van der Waals surface area contributed by atoms with Gasteiger partial charge >= 0.3 is 0 Å². The highest BCUT2D eigenvalue weighted by Crippen LogP contribution is 2.22. The van der Waals surface area contributed by atoms with Crippen molar-refractivity contribution in [2.75, 3.05) is 24.2 Å². The Bertz CT molecular complexity index is 1130. The number of ether oxygens (including phenoxy) is 1. The first-order valence-corrected chi connectivity index (χ1v) is 14.3. The number of anilines is 1. The average molecular weight is 583 g/mol. The first-order valence-electron chi connectivity index (χ1n) is 11.7. The molecule has 36 heavy (non-hydrogen) atoms. The van der Waals surface area contributed by atoms with Crippen molar-refractivity contribution in [3.05, 3.63) is 58.6 Å². The molecule has 2 aromatic carbocycles. The number of carbonyl (C=O) groups excluding carboxylic acids is 2. The van der Waals surface area contributed by atoms with Gasteiger partial charge in [0.05, 0.1) is 19.1 Å². The minimum atomic E-state index is -3.56. The Hall–Kier alpha value is -2.59. The number of hydrogen-bond acceptors (Lipinski definition) is 5. The highest BCUT2D eigenvalue weighted by atomic mass is 79.9. The zero-order valence-electron chi connectivity index (χ0n) is 21.7. The lowest BCUT2D eigenvalue weighted by Gasteiger charge is -2.32. The third kappa shape index (κ3) is 9.13. The van der Waals surface area contributed by atoms with Crippen LogP contribution in [0, 0.1) is 0 Å². The SMILES string of the molecule is COc1ccc(N(CCCC(=O)N(Cc2ccc(Br)cc2)[C@@H](C)C(=O)NC(C)(C)C)S(C)(=O)=O)cc1. The summed E-state index contributed by atoms with van der Waals surface area (Å²) in [4.78, 5) is 27.8. The quantitative estimate of drug-likeness (QED) is 0.426. The Labute approximate surface area is 223 Å². The maximum absolute atomic E-state index is 13.3. The van der Waals surface area contributed by atoms with Gasteiger partial charge in [-0.15, -0.1) is 0 Å². The van der Waals surface area contributed by atoms with Crippen molar-refractivity contribution in [1.29, 1.82) is 0 Å². The van der Waals surface area contributed by atoms with Gasteiger partial charge in [0.15, 0.2) is 0 Å². The number of carbonyl (C=O) groups is 2. The number of methoxy groups -OCH3 is 1. The van der Waals surface area contributed by atoms with Crippen molar-refractivity contribution < 1.29 is 22.7 Å². The van der Waals surface area contributed by atoms with E-state index in [1.165, 1.54) is 11.4 Å². The molecule has 198 valence electrons. The maximum atomic E-state index is 13.3. The molecule has 0 heterocycles. The maximum Gasteiger partial charge on any atom is 0.242 e. The molecule has 0 spiro atoms. The summed E-state index contributed by atoms with van der Waals surface area (Å²) in [6, 6.07) is 13.6. The molecule has 0 aromatic heterocycles. The molecule has 0 aliphatic heterocycles. The molecule has 2 rings (SSSR count). The average Bonchev–Trinajstić information content (AvgIpc) is 2.79. The van der Waals surface area contributed by atoms with Crippen molar-refractivity contribution in [3.8, 4) is 5.75 Å². The van der Waals surface area contributed by atoms with Crippen LogP contribution in [0.15, 0.2) is 53.0 Å². The minimum Gasteiger partial charge on any atom is -0.497 e. The van der Waals surface area contributed by atoms with E-state index in [1.807, 2.05) is 45.0 Å². The van der Waals surface area contributed by atoms with Gasteiger partial charge in [0.25, 0.3) is 0 Å². The summed E-state index contributed by atoms with van der Waals surface area (Å²) in [6.07, 6.45) is 1.52. The molecule has 2 aromatic rings. The molecule has 2 amide bonds. The van der Waals surface area contributed by atoms with Crippen LogP contribution in [0.5, 0.6) is 5.75 Å². The predicted octanol–water partition coefficient (Wildman–Crippen LogP) is 4.34. The van der Waals surface area contributed by atoms with Gasteiger partial charge in [-0.25, -0.2) is 8.42 Å². The van der Waals surface area contributed by atoms with Gasteiger partial charge in [-0.2, -0.15) is 0 Å². The monoisotopic (exact) mass is 581 g/mol. The summed E-state index contributed by atoms with van der Waals surface area (Å²) in [5, 5.41) is 2.94. The lowest BCUT2D eigenvalue weighted by Crippen LogP contribution is -2.52. The Balaban J connectivity index is 2.17. The van der Waals surface area contributed by atoms with E-state index in [0.29, 0.717) is 17.9 Å². The number of rotatable bonds is 11. The summed E-state index contributed by atoms with van der Waals surface area (Å²) in [7, 11) is -2.02. The molecule has 1 atom stereocenters. The fraction of sp³-hybridized carbons (Fsp3) is 0.462. The van der Waals surface area contributed by atoms with Gasteiger partial charge in [0, 0.05) is 29.5 Å². The standard InChI is InChI=1S/C26H36BrN3O5S/c1-19(25(32)28-26(2,3)4)29(18-20-9-11-21(27)12-10-20)24(31)8-7-17-30(36(6,33)34)22-13-15-23(35-5)16-14-22/h9-16,19H,7-8,17-18H2,1-6H3,(H,28,32)/t19-/m0/s1. The van der Waals surface area contributed by atoms with Gasteiger partial charge < -0.3 is 15.0 Å². The van der Waals surface area contributed by atoms with Crippen molar-refractivity contribution >= 4 is 43.5 Å². The van der Waals surface area contributed by atoms with Crippen molar-refractivity contribution in [3.63, 3.8) is 0 Å². The number of hydrogen-bond donors (Lipinski definition) is 1. The zero-order valence-corrected chi connectivity index (χ0v) is 24.1. The van der Waals surface area contributed by atoms with Crippen LogP contribution in [0.1, 0.15) is 46.1 Å². The minimum absolute atomic E-state index is 0.0891. The Morgan fingerprint density at radius 2 is 1.64 bits per heavy atom. The third-order valence-electron chi connectivity index (χ3n) is 5.44. The zero-order chi connectivity index (χ0) is 27.1. The van der Waals surface area contributed by atoms with Crippen LogP contribution >= 0.6 is 15.9 Å². The Kier molecular flexibility index (Phi) is 10.4. The number of sulfonamides is 1. The Morgan fingerprint density at radius 1 is 1.06 bits per heavy atom. The second-order valence-corrected chi connectivity index (χ2v) is 12.5. The van der Waals surface area contributed by atoms with E-state index < -0.39 is 21.6 Å². The molecule has 0 aliphatic carbocycles. The van der Waals surface area contributed by atoms with Crippen LogP contribution in [-0.2, 0) is 26.2 Å². The number of amides is 2. The van der Waals surface area contributed by atoms with E-state index >= 15 is 0 Å². The summed E-state index contributed by atoms with van der Waals surface area (Å²) in [5.74, 6) is 0.148. The molecule has 0 fully saturated rings. The van der Waals surface area contributed by atoms with Crippen molar-refractivity contribution in [2.24, 2.45) is 0 Å². The summed E-state index contributed by atoms with van der Waals surface area (Å²) in [6.45, 7) is 7.76. The second kappa shape index (κ2) is 12.6. The van der Waals surface area contributed by atoms with Gasteiger partial charge in [0.1, 0.15) is 11.8 Å². The van der Waals surface area contributed by atoms with E-state index in [4.69, 9.17) is 4.74 Å². The second-order valence-electron chi connectivity index (χ2n) is 9.70. The molecule has 0 unspecified atom stereocenters. The van der Waals surface area contributed by atoms with Crippen LogP contribution in [0.25, 0.3) is 0 Å². The van der Waals surface area contributed by atoms with Crippen LogP contribution in [0.3, 0.4) is 0 Å². The lowest BCUT2D eigenvalue weighted by atomic mass is 10.1. The third-order valence-corrected chi connectivity index (χ3v) is 7.17. The van der Waals surface area contributed by atoms with Gasteiger partial charge in [-0.05, 0) is 76.1 Å². The topological polar surface area (TPSA) is 96.0 Å². The molecule has 10 heteroatoms. The van der Waals surface area contributed by atoms with Crippen LogP contribution in [0.4, 0.5) is 5.69 Å². The normalized spacial score (nSPS) is 12.5. The first kappa shape index (κ1) is 29.6. The molecule has 1 N–H and O–H groups in total. The summed E-state index contributed by atoms with van der Waals surface area (Å²) >= 11 is 3.41. The highest BCUT2D eigenvalue weighted by molar-refractivity contribution is 9.10. The molecule has 0 aliphatic rings. The number of benzene rings is 2. The van der Waals surface area contributed by atoms with Crippen LogP contribution in [0.2, 0.25) is 0 Å². The summed E-state index contributed by atoms with van der Waals surface area (Å²) in [5.41, 5.74) is 0.944.